The molecular weight excluding hydrogens is 420 g/mol. The summed E-state index contributed by atoms with van der Waals surface area (Å²) in [5.74, 6) is 8.50. The van der Waals surface area contributed by atoms with Gasteiger partial charge in [-0.25, -0.2) is 0 Å². The van der Waals surface area contributed by atoms with Gasteiger partial charge in [0.05, 0.1) is 0 Å². The Morgan fingerprint density at radius 3 is 2.06 bits per heavy atom. The van der Waals surface area contributed by atoms with Gasteiger partial charge in [-0.2, -0.15) is 0 Å². The minimum absolute atomic E-state index is 0.746. The van der Waals surface area contributed by atoms with E-state index in [4.69, 9.17) is 0 Å². The van der Waals surface area contributed by atoms with Crippen molar-refractivity contribution in [3.8, 4) is 11.8 Å². The fraction of sp³-hybridized carbons (Fsp3) is 0.486. The van der Waals surface area contributed by atoms with Gasteiger partial charge in [0, 0.05) is 11.1 Å². The van der Waals surface area contributed by atoms with Gasteiger partial charge in [-0.3, -0.25) is 0 Å². The summed E-state index contributed by atoms with van der Waals surface area (Å²) in [6.07, 6.45) is 17.8. The largest absolute Gasteiger partial charge is 0.0654 e. The Hall–Kier alpha value is -2.52. The van der Waals surface area contributed by atoms with Crippen LogP contribution in [0.2, 0.25) is 0 Å². The predicted molar refractivity (Wildman–Crippen MR) is 153 cm³/mol. The van der Waals surface area contributed by atoms with E-state index >= 15 is 0 Å². The van der Waals surface area contributed by atoms with Crippen LogP contribution in [0.15, 0.2) is 60.7 Å². The maximum atomic E-state index is 3.39. The van der Waals surface area contributed by atoms with Crippen molar-refractivity contribution >= 4 is 10.8 Å². The second-order valence-corrected chi connectivity index (χ2v) is 10.8. The minimum Gasteiger partial charge on any atom is -0.0654 e. The van der Waals surface area contributed by atoms with Crippen molar-refractivity contribution in [3.05, 3.63) is 82.9 Å². The standard InChI is InChI=1S/C35H44/c1-3-5-7-8-9-11-28-14-20-32(21-15-28)33-22-16-29(17-23-33)12-13-31-19-25-34-26-30(10-6-4-2)18-24-35(34)27-31/h16-19,22-28,32H,3-11,14-15,20-21H2,1-2H3/t28-,32-. The van der Waals surface area contributed by atoms with E-state index in [1.54, 1.807) is 0 Å². The second kappa shape index (κ2) is 13.5. The first kappa shape index (κ1) is 25.6. The number of benzene rings is 3. The molecule has 0 radical (unpaired) electrons. The summed E-state index contributed by atoms with van der Waals surface area (Å²) in [5.41, 5.74) is 5.16. The zero-order valence-corrected chi connectivity index (χ0v) is 22.1. The van der Waals surface area contributed by atoms with Crippen LogP contribution in [0.5, 0.6) is 0 Å². The molecule has 1 aliphatic carbocycles. The minimum atomic E-state index is 0.746. The molecule has 0 aromatic heterocycles. The van der Waals surface area contributed by atoms with Crippen LogP contribution < -0.4 is 0 Å². The molecule has 0 spiro atoms. The summed E-state index contributed by atoms with van der Waals surface area (Å²) in [5, 5.41) is 2.60. The van der Waals surface area contributed by atoms with Gasteiger partial charge >= 0.3 is 0 Å². The molecule has 0 aliphatic heterocycles. The SMILES string of the molecule is CCCCCCC[C@H]1CC[C@H](c2ccc(C#Cc3ccc4cc(CCCC)ccc4c3)cc2)CC1. The van der Waals surface area contributed by atoms with E-state index in [0.717, 1.165) is 23.0 Å². The molecule has 1 saturated carbocycles. The monoisotopic (exact) mass is 464 g/mol. The van der Waals surface area contributed by atoms with E-state index in [0.29, 0.717) is 0 Å². The maximum Gasteiger partial charge on any atom is 0.0255 e. The van der Waals surface area contributed by atoms with Crippen LogP contribution in [0.25, 0.3) is 10.8 Å². The van der Waals surface area contributed by atoms with Gasteiger partial charge < -0.3 is 0 Å². The average molecular weight is 465 g/mol. The summed E-state index contributed by atoms with van der Waals surface area (Å²) in [4.78, 5) is 0. The second-order valence-electron chi connectivity index (χ2n) is 10.8. The van der Waals surface area contributed by atoms with Crippen LogP contribution in [0.4, 0.5) is 0 Å². The van der Waals surface area contributed by atoms with Crippen molar-refractivity contribution in [1.82, 2.24) is 0 Å². The zero-order chi connectivity index (χ0) is 24.3. The number of hydrogen-bond acceptors (Lipinski definition) is 0. The van der Waals surface area contributed by atoms with Crippen LogP contribution in [0, 0.1) is 17.8 Å². The summed E-state index contributed by atoms with van der Waals surface area (Å²) >= 11 is 0. The van der Waals surface area contributed by atoms with Crippen molar-refractivity contribution in [2.75, 3.05) is 0 Å². The molecule has 0 atom stereocenters. The Labute approximate surface area is 214 Å². The van der Waals surface area contributed by atoms with Crippen LogP contribution >= 0.6 is 0 Å². The van der Waals surface area contributed by atoms with Gasteiger partial charge in [0.2, 0.25) is 0 Å². The van der Waals surface area contributed by atoms with E-state index < -0.39 is 0 Å². The van der Waals surface area contributed by atoms with Crippen molar-refractivity contribution in [1.29, 1.82) is 0 Å². The fourth-order valence-corrected chi connectivity index (χ4v) is 5.71. The summed E-state index contributed by atoms with van der Waals surface area (Å²) < 4.78 is 0. The number of unbranched alkanes of at least 4 members (excludes halogenated alkanes) is 5. The Kier molecular flexibility index (Phi) is 9.89. The molecule has 3 aromatic rings. The predicted octanol–water partition coefficient (Wildman–Crippen LogP) is 10.2. The van der Waals surface area contributed by atoms with Crippen molar-refractivity contribution < 1.29 is 0 Å². The normalized spacial score (nSPS) is 17.8. The summed E-state index contributed by atoms with van der Waals surface area (Å²) in [7, 11) is 0. The molecule has 1 fully saturated rings. The topological polar surface area (TPSA) is 0 Å². The molecule has 4 rings (SSSR count). The molecule has 3 aromatic carbocycles. The molecular formula is C35H44. The van der Waals surface area contributed by atoms with Crippen LogP contribution in [-0.4, -0.2) is 0 Å². The van der Waals surface area contributed by atoms with Crippen LogP contribution in [0.1, 0.15) is 119 Å². The Morgan fingerprint density at radius 2 is 1.29 bits per heavy atom. The smallest absolute Gasteiger partial charge is 0.0255 e. The lowest BCUT2D eigenvalue weighted by molar-refractivity contribution is 0.302. The molecule has 0 heteroatoms. The van der Waals surface area contributed by atoms with Gasteiger partial charge in [0.15, 0.2) is 0 Å². The van der Waals surface area contributed by atoms with Crippen LogP contribution in [0.3, 0.4) is 0 Å². The lowest BCUT2D eigenvalue weighted by Gasteiger charge is -2.29. The molecule has 1 aliphatic rings. The van der Waals surface area contributed by atoms with Crippen molar-refractivity contribution in [3.63, 3.8) is 0 Å². The lowest BCUT2D eigenvalue weighted by atomic mass is 9.77. The molecule has 0 bridgehead atoms. The van der Waals surface area contributed by atoms with E-state index in [1.807, 2.05) is 0 Å². The fourth-order valence-electron chi connectivity index (χ4n) is 5.71. The van der Waals surface area contributed by atoms with E-state index in [2.05, 4.69) is 86.4 Å². The lowest BCUT2D eigenvalue weighted by Crippen LogP contribution is -2.13. The molecule has 0 heterocycles. The zero-order valence-electron chi connectivity index (χ0n) is 22.1. The average Bonchev–Trinajstić information content (AvgIpc) is 2.91. The number of fused-ring (bicyclic) bond motifs is 1. The Balaban J connectivity index is 1.29. The van der Waals surface area contributed by atoms with Gasteiger partial charge in [-0.05, 0) is 96.5 Å². The quantitative estimate of drug-likeness (QED) is 0.207. The third-order valence-corrected chi connectivity index (χ3v) is 8.02. The van der Waals surface area contributed by atoms with E-state index in [1.165, 1.54) is 105 Å². The first-order valence-electron chi connectivity index (χ1n) is 14.4. The first-order valence-corrected chi connectivity index (χ1v) is 14.4. The molecule has 0 N–H and O–H groups in total. The number of rotatable bonds is 10. The highest BCUT2D eigenvalue weighted by atomic mass is 14.3. The Morgan fingerprint density at radius 1 is 0.629 bits per heavy atom. The highest BCUT2D eigenvalue weighted by Gasteiger charge is 2.21. The summed E-state index contributed by atoms with van der Waals surface area (Å²) in [6.45, 7) is 4.55. The molecule has 0 saturated heterocycles. The third-order valence-electron chi connectivity index (χ3n) is 8.02. The number of aryl methyl sites for hydroxylation is 1. The number of hydrogen-bond donors (Lipinski definition) is 0. The van der Waals surface area contributed by atoms with Gasteiger partial charge in [-0.15, -0.1) is 0 Å². The van der Waals surface area contributed by atoms with Crippen molar-refractivity contribution in [2.45, 2.75) is 103 Å². The van der Waals surface area contributed by atoms with Gasteiger partial charge in [0.25, 0.3) is 0 Å². The third kappa shape index (κ3) is 7.73. The molecule has 0 nitrogen and oxygen atoms in total. The van der Waals surface area contributed by atoms with Gasteiger partial charge in [0.1, 0.15) is 0 Å². The van der Waals surface area contributed by atoms with Crippen LogP contribution in [-0.2, 0) is 6.42 Å². The highest BCUT2D eigenvalue weighted by molar-refractivity contribution is 5.84. The first-order chi connectivity index (χ1) is 17.2. The van der Waals surface area contributed by atoms with Gasteiger partial charge in [-0.1, -0.05) is 107 Å². The molecule has 184 valence electrons. The molecule has 35 heavy (non-hydrogen) atoms. The van der Waals surface area contributed by atoms with E-state index in [9.17, 15) is 0 Å². The molecule has 0 amide bonds. The van der Waals surface area contributed by atoms with E-state index in [-0.39, 0.29) is 0 Å². The molecule has 0 unspecified atom stereocenters. The Bertz CT molecular complexity index is 1100. The maximum absolute atomic E-state index is 3.39. The highest BCUT2D eigenvalue weighted by Crippen LogP contribution is 2.37. The van der Waals surface area contributed by atoms with Crippen molar-refractivity contribution in [2.24, 2.45) is 5.92 Å². The summed E-state index contributed by atoms with van der Waals surface area (Å²) in [6, 6.07) is 22.6.